The lowest BCUT2D eigenvalue weighted by atomic mass is 9.66. The second-order valence-corrected chi connectivity index (χ2v) is 15.2. The summed E-state index contributed by atoms with van der Waals surface area (Å²) in [4.78, 5) is 32.1. The number of oxazole rings is 1. The number of unbranched alkanes of at least 4 members (excludes halogenated alkanes) is 1. The van der Waals surface area contributed by atoms with Crippen LogP contribution in [0.25, 0.3) is 11.1 Å². The van der Waals surface area contributed by atoms with E-state index in [1.807, 2.05) is 6.92 Å². The summed E-state index contributed by atoms with van der Waals surface area (Å²) in [5.41, 5.74) is 4.95. The standard InChI is InChI=1S/C33H38N2O9S2/c1-4-5-12-23(30(36)31-35-24-13-6-7-14-25(24)44-31)33(32(34)37,19-21-45(38,39)28-17-10-8-15-26(28)42-2)20-22-46(40,41)29-18-11-9-16-27(29)43-3/h6-11,13-18,23H,4-5,12,19-22H2,1-3H3,(H2,34,37)/t23-/m1/s1. The number of Topliss-reactive ketones (excluding diaryl/α,β-unsaturated/α-hetero) is 1. The molecule has 0 radical (unpaired) electrons. The molecular weight excluding hydrogens is 633 g/mol. The minimum atomic E-state index is -4.10. The number of hydrogen-bond donors (Lipinski definition) is 1. The van der Waals surface area contributed by atoms with Gasteiger partial charge in [0.2, 0.25) is 11.7 Å². The van der Waals surface area contributed by atoms with E-state index in [2.05, 4.69) is 4.98 Å². The van der Waals surface area contributed by atoms with Gasteiger partial charge in [0.15, 0.2) is 25.3 Å². The van der Waals surface area contributed by atoms with Gasteiger partial charge in [-0.3, -0.25) is 9.59 Å². The Labute approximate surface area is 268 Å². The van der Waals surface area contributed by atoms with Gasteiger partial charge in [0, 0.05) is 5.92 Å². The Kier molecular flexibility index (Phi) is 10.9. The van der Waals surface area contributed by atoms with Gasteiger partial charge in [-0.15, -0.1) is 0 Å². The lowest BCUT2D eigenvalue weighted by Crippen LogP contribution is -2.48. The number of nitrogens with two attached hydrogens (primary N) is 1. The second-order valence-electron chi connectivity index (χ2n) is 11.0. The van der Waals surface area contributed by atoms with Crippen molar-refractivity contribution >= 4 is 42.5 Å². The molecule has 246 valence electrons. The summed E-state index contributed by atoms with van der Waals surface area (Å²) in [6, 6.07) is 18.8. The number of benzene rings is 3. The van der Waals surface area contributed by atoms with Crippen LogP contribution >= 0.6 is 0 Å². The maximum Gasteiger partial charge on any atom is 0.264 e. The number of para-hydroxylation sites is 4. The van der Waals surface area contributed by atoms with Gasteiger partial charge in [0.1, 0.15) is 26.8 Å². The van der Waals surface area contributed by atoms with Crippen molar-refractivity contribution in [1.29, 1.82) is 0 Å². The lowest BCUT2D eigenvalue weighted by Gasteiger charge is -2.37. The SMILES string of the molecule is CCCC[C@H](C(=O)c1nc2ccccc2o1)C(CCS(=O)(=O)c1ccccc1OC)(CCS(=O)(=O)c1ccccc1OC)C(N)=O. The first-order chi connectivity index (χ1) is 21.9. The summed E-state index contributed by atoms with van der Waals surface area (Å²) >= 11 is 0. The van der Waals surface area contributed by atoms with Gasteiger partial charge >= 0.3 is 0 Å². The normalized spacial score (nSPS) is 12.9. The molecule has 1 atom stereocenters. The summed E-state index contributed by atoms with van der Waals surface area (Å²) in [7, 11) is -5.53. The van der Waals surface area contributed by atoms with E-state index in [-0.39, 0.29) is 33.6 Å². The van der Waals surface area contributed by atoms with Crippen molar-refractivity contribution in [3.63, 3.8) is 0 Å². The number of rotatable bonds is 17. The van der Waals surface area contributed by atoms with Crippen molar-refractivity contribution in [2.75, 3.05) is 25.7 Å². The van der Waals surface area contributed by atoms with E-state index < -0.39 is 67.0 Å². The molecule has 0 bridgehead atoms. The highest BCUT2D eigenvalue weighted by Gasteiger charge is 2.50. The molecule has 3 aromatic carbocycles. The van der Waals surface area contributed by atoms with Gasteiger partial charge in [0.05, 0.1) is 31.1 Å². The third kappa shape index (κ3) is 7.26. The fraction of sp³-hybridized carbons (Fsp3) is 0.364. The minimum absolute atomic E-state index is 0.104. The van der Waals surface area contributed by atoms with E-state index in [0.717, 1.165) is 0 Å². The van der Waals surface area contributed by atoms with Gasteiger partial charge in [-0.2, -0.15) is 0 Å². The number of amides is 1. The van der Waals surface area contributed by atoms with Crippen molar-refractivity contribution in [3.8, 4) is 11.5 Å². The van der Waals surface area contributed by atoms with Crippen LogP contribution in [0.1, 0.15) is 49.7 Å². The smallest absolute Gasteiger partial charge is 0.264 e. The molecule has 4 aromatic rings. The number of sulfone groups is 2. The van der Waals surface area contributed by atoms with Gasteiger partial charge in [-0.05, 0) is 55.7 Å². The van der Waals surface area contributed by atoms with Crippen LogP contribution in [0, 0.1) is 11.3 Å². The molecule has 1 amide bonds. The average molecular weight is 671 g/mol. The Bertz CT molecular complexity index is 1800. The molecule has 0 spiro atoms. The molecule has 13 heteroatoms. The second kappa shape index (κ2) is 14.5. The summed E-state index contributed by atoms with van der Waals surface area (Å²) in [6.45, 7) is 1.89. The van der Waals surface area contributed by atoms with Crippen LogP contribution in [0.4, 0.5) is 0 Å². The van der Waals surface area contributed by atoms with E-state index in [1.165, 1.54) is 50.6 Å². The number of ketones is 1. The van der Waals surface area contributed by atoms with Gasteiger partial charge in [-0.1, -0.05) is 56.2 Å². The van der Waals surface area contributed by atoms with E-state index in [4.69, 9.17) is 19.6 Å². The summed E-state index contributed by atoms with van der Waals surface area (Å²) in [5, 5.41) is 0. The Morgan fingerprint density at radius 2 is 1.33 bits per heavy atom. The first kappa shape index (κ1) is 34.6. The van der Waals surface area contributed by atoms with Crippen LogP contribution in [0.3, 0.4) is 0 Å². The molecule has 0 saturated heterocycles. The van der Waals surface area contributed by atoms with Crippen molar-refractivity contribution < 1.29 is 40.3 Å². The van der Waals surface area contributed by atoms with Crippen molar-refractivity contribution in [2.24, 2.45) is 17.1 Å². The number of ether oxygens (including phenoxy) is 2. The number of aromatic nitrogens is 1. The highest BCUT2D eigenvalue weighted by molar-refractivity contribution is 7.91. The Balaban J connectivity index is 1.83. The topological polar surface area (TPSA) is 173 Å². The quantitative estimate of drug-likeness (QED) is 0.150. The van der Waals surface area contributed by atoms with Crippen LogP contribution in [-0.2, 0) is 24.5 Å². The predicted molar refractivity (Wildman–Crippen MR) is 172 cm³/mol. The van der Waals surface area contributed by atoms with E-state index in [9.17, 15) is 26.4 Å². The van der Waals surface area contributed by atoms with Crippen LogP contribution in [0.2, 0.25) is 0 Å². The molecule has 11 nitrogen and oxygen atoms in total. The minimum Gasteiger partial charge on any atom is -0.495 e. The fourth-order valence-electron chi connectivity index (χ4n) is 5.69. The largest absolute Gasteiger partial charge is 0.495 e. The fourth-order valence-corrected chi connectivity index (χ4v) is 8.88. The Morgan fingerprint density at radius 3 is 1.80 bits per heavy atom. The number of nitrogens with zero attached hydrogens (tertiary/aromatic N) is 1. The zero-order valence-corrected chi connectivity index (χ0v) is 27.6. The van der Waals surface area contributed by atoms with Gasteiger partial charge in [-0.25, -0.2) is 21.8 Å². The average Bonchev–Trinajstić information content (AvgIpc) is 3.50. The molecular formula is C33H38N2O9S2. The molecule has 0 aliphatic heterocycles. The zero-order chi connectivity index (χ0) is 33.5. The first-order valence-electron chi connectivity index (χ1n) is 14.8. The van der Waals surface area contributed by atoms with Crippen LogP contribution in [0.15, 0.2) is 87.0 Å². The van der Waals surface area contributed by atoms with Crippen molar-refractivity contribution in [2.45, 2.75) is 48.8 Å². The molecule has 0 unspecified atom stereocenters. The molecule has 4 rings (SSSR count). The van der Waals surface area contributed by atoms with Crippen LogP contribution < -0.4 is 15.2 Å². The third-order valence-electron chi connectivity index (χ3n) is 8.27. The highest BCUT2D eigenvalue weighted by atomic mass is 32.2. The molecule has 0 aliphatic rings. The maximum absolute atomic E-state index is 14.3. The molecule has 1 heterocycles. The molecule has 46 heavy (non-hydrogen) atoms. The molecule has 0 aliphatic carbocycles. The summed E-state index contributed by atoms with van der Waals surface area (Å²) < 4.78 is 71.1. The van der Waals surface area contributed by atoms with E-state index in [0.29, 0.717) is 23.9 Å². The van der Waals surface area contributed by atoms with E-state index in [1.54, 1.807) is 36.4 Å². The monoisotopic (exact) mass is 670 g/mol. The summed E-state index contributed by atoms with van der Waals surface area (Å²) in [5.74, 6) is -4.18. The zero-order valence-electron chi connectivity index (χ0n) is 26.0. The molecule has 0 fully saturated rings. The molecule has 2 N–H and O–H groups in total. The lowest BCUT2D eigenvalue weighted by molar-refractivity contribution is -0.130. The number of primary amides is 1. The Morgan fingerprint density at radius 1 is 0.826 bits per heavy atom. The molecule has 0 saturated carbocycles. The number of fused-ring (bicyclic) bond motifs is 1. The maximum atomic E-state index is 14.3. The van der Waals surface area contributed by atoms with Crippen molar-refractivity contribution in [1.82, 2.24) is 4.98 Å². The number of carbonyl (C=O) groups excluding carboxylic acids is 2. The van der Waals surface area contributed by atoms with Crippen LogP contribution in [0.5, 0.6) is 11.5 Å². The Hall–Kier alpha value is -4.23. The number of hydrogen-bond acceptors (Lipinski definition) is 10. The third-order valence-corrected chi connectivity index (χ3v) is 11.8. The molecule has 1 aromatic heterocycles. The van der Waals surface area contributed by atoms with Gasteiger partial charge < -0.3 is 19.6 Å². The number of methoxy groups -OCH3 is 2. The van der Waals surface area contributed by atoms with Crippen LogP contribution in [-0.4, -0.2) is 59.2 Å². The van der Waals surface area contributed by atoms with Crippen molar-refractivity contribution in [3.05, 3.63) is 78.7 Å². The number of carbonyl (C=O) groups is 2. The first-order valence-corrected chi connectivity index (χ1v) is 18.1. The van der Waals surface area contributed by atoms with E-state index >= 15 is 0 Å². The summed E-state index contributed by atoms with van der Waals surface area (Å²) in [6.07, 6.45) is 0.324. The highest BCUT2D eigenvalue weighted by Crippen LogP contribution is 2.43. The van der Waals surface area contributed by atoms with Gasteiger partial charge in [0.25, 0.3) is 5.89 Å². The predicted octanol–water partition coefficient (Wildman–Crippen LogP) is 5.03.